The lowest BCUT2D eigenvalue weighted by molar-refractivity contribution is -0.153. The Labute approximate surface area is 194 Å². The van der Waals surface area contributed by atoms with E-state index in [2.05, 4.69) is 16.7 Å². The summed E-state index contributed by atoms with van der Waals surface area (Å²) in [5, 5.41) is 4.21. The van der Waals surface area contributed by atoms with Crippen molar-refractivity contribution in [2.24, 2.45) is 5.92 Å². The van der Waals surface area contributed by atoms with Crippen LogP contribution in [0.3, 0.4) is 0 Å². The third-order valence-corrected chi connectivity index (χ3v) is 6.05. The van der Waals surface area contributed by atoms with Gasteiger partial charge in [0.05, 0.1) is 12.5 Å². The molecule has 1 aromatic carbocycles. The Morgan fingerprint density at radius 1 is 1.12 bits per heavy atom. The van der Waals surface area contributed by atoms with Gasteiger partial charge in [0, 0.05) is 50.8 Å². The Balaban J connectivity index is 1.53. The van der Waals surface area contributed by atoms with Gasteiger partial charge in [-0.3, -0.25) is 19.3 Å². The number of amides is 2. The van der Waals surface area contributed by atoms with Crippen molar-refractivity contribution in [2.75, 3.05) is 19.6 Å². The fourth-order valence-corrected chi connectivity index (χ4v) is 4.29. The Morgan fingerprint density at radius 3 is 2.52 bits per heavy atom. The number of carbonyl (C=O) groups is 2. The van der Waals surface area contributed by atoms with Crippen LogP contribution in [0, 0.1) is 5.92 Å². The number of piperazine rings is 1. The molecule has 4 rings (SSSR count). The molecule has 1 saturated heterocycles. The summed E-state index contributed by atoms with van der Waals surface area (Å²) >= 11 is 0. The molecule has 0 bridgehead atoms. The molecular formula is C26H29N5O2. The van der Waals surface area contributed by atoms with Crippen molar-refractivity contribution in [1.29, 1.82) is 0 Å². The van der Waals surface area contributed by atoms with E-state index in [4.69, 9.17) is 0 Å². The van der Waals surface area contributed by atoms with Crippen LogP contribution in [0.4, 0.5) is 0 Å². The first-order valence-corrected chi connectivity index (χ1v) is 11.2. The fraction of sp³-hybridized carbons (Fsp3) is 0.308. The molecule has 2 atom stereocenters. The molecule has 1 aliphatic heterocycles. The minimum absolute atomic E-state index is 0.0180. The molecule has 0 unspecified atom stereocenters. The van der Waals surface area contributed by atoms with Crippen molar-refractivity contribution in [1.82, 2.24) is 24.6 Å². The predicted molar refractivity (Wildman–Crippen MR) is 127 cm³/mol. The third-order valence-electron chi connectivity index (χ3n) is 6.05. The van der Waals surface area contributed by atoms with Crippen LogP contribution in [-0.2, 0) is 22.6 Å². The van der Waals surface area contributed by atoms with Crippen molar-refractivity contribution >= 4 is 11.8 Å². The molecule has 3 aromatic rings. The molecule has 7 heteroatoms. The summed E-state index contributed by atoms with van der Waals surface area (Å²) in [6, 6.07) is 13.4. The molecule has 0 N–H and O–H groups in total. The zero-order valence-electron chi connectivity index (χ0n) is 18.9. The summed E-state index contributed by atoms with van der Waals surface area (Å²) in [6.07, 6.45) is 9.30. The summed E-state index contributed by atoms with van der Waals surface area (Å²) in [6.45, 7) is 7.67. The maximum atomic E-state index is 13.4. The average molecular weight is 444 g/mol. The molecule has 1 aliphatic rings. The number of rotatable bonds is 8. The summed E-state index contributed by atoms with van der Waals surface area (Å²) < 4.78 is 1.76. The number of benzene rings is 1. The van der Waals surface area contributed by atoms with E-state index < -0.39 is 6.04 Å². The van der Waals surface area contributed by atoms with Gasteiger partial charge in [0.15, 0.2) is 0 Å². The van der Waals surface area contributed by atoms with Crippen molar-refractivity contribution in [3.8, 4) is 11.1 Å². The quantitative estimate of drug-likeness (QED) is 0.502. The minimum Gasteiger partial charge on any atom is -0.335 e. The Kier molecular flexibility index (Phi) is 6.98. The monoisotopic (exact) mass is 443 g/mol. The second-order valence-electron chi connectivity index (χ2n) is 8.39. The van der Waals surface area contributed by atoms with Crippen molar-refractivity contribution in [2.45, 2.75) is 25.9 Å². The largest absolute Gasteiger partial charge is 0.335 e. The van der Waals surface area contributed by atoms with Gasteiger partial charge in [0.25, 0.3) is 0 Å². The molecule has 1 fully saturated rings. The van der Waals surface area contributed by atoms with Gasteiger partial charge < -0.3 is 9.80 Å². The maximum Gasteiger partial charge on any atom is 0.246 e. The lowest BCUT2D eigenvalue weighted by Crippen LogP contribution is -2.60. The molecule has 3 heterocycles. The molecular weight excluding hydrogens is 414 g/mol. The van der Waals surface area contributed by atoms with Crippen LogP contribution in [0.5, 0.6) is 0 Å². The molecule has 0 radical (unpaired) electrons. The van der Waals surface area contributed by atoms with Crippen molar-refractivity contribution in [3.63, 3.8) is 0 Å². The van der Waals surface area contributed by atoms with E-state index >= 15 is 0 Å². The standard InChI is InChI=1S/C26H29N5O2/c1-3-14-29-16-17-31(25(32)20(2)19-30-15-4-11-28-30)24(26(29)33)18-21-5-7-22(8-6-21)23-9-12-27-13-10-23/h3-13,15,20,24H,1,14,16-19H2,2H3/t20-,24+/m1/s1. The van der Waals surface area contributed by atoms with E-state index in [1.807, 2.05) is 55.6 Å². The summed E-state index contributed by atoms with van der Waals surface area (Å²) in [7, 11) is 0. The number of carbonyl (C=O) groups excluding carboxylic acids is 2. The van der Waals surface area contributed by atoms with Crippen molar-refractivity contribution < 1.29 is 9.59 Å². The second kappa shape index (κ2) is 10.3. The van der Waals surface area contributed by atoms with Crippen LogP contribution in [0.25, 0.3) is 11.1 Å². The van der Waals surface area contributed by atoms with Gasteiger partial charge in [-0.05, 0) is 34.9 Å². The second-order valence-corrected chi connectivity index (χ2v) is 8.39. The lowest BCUT2D eigenvalue weighted by Gasteiger charge is -2.41. The van der Waals surface area contributed by atoms with Gasteiger partial charge in [0.2, 0.25) is 11.8 Å². The zero-order valence-corrected chi connectivity index (χ0v) is 18.9. The van der Waals surface area contributed by atoms with Gasteiger partial charge in [-0.2, -0.15) is 5.10 Å². The van der Waals surface area contributed by atoms with E-state index in [1.165, 1.54) is 0 Å². The summed E-state index contributed by atoms with van der Waals surface area (Å²) in [4.78, 5) is 34.3. The zero-order chi connectivity index (χ0) is 23.2. The van der Waals surface area contributed by atoms with E-state index in [-0.39, 0.29) is 17.7 Å². The predicted octanol–water partition coefficient (Wildman–Crippen LogP) is 3.05. The number of pyridine rings is 1. The highest BCUT2D eigenvalue weighted by Gasteiger charge is 2.38. The lowest BCUT2D eigenvalue weighted by atomic mass is 9.97. The maximum absolute atomic E-state index is 13.4. The van der Waals surface area contributed by atoms with Gasteiger partial charge in [-0.15, -0.1) is 6.58 Å². The molecule has 0 spiro atoms. The number of nitrogens with zero attached hydrogens (tertiary/aromatic N) is 5. The van der Waals surface area contributed by atoms with Crippen LogP contribution in [0.1, 0.15) is 12.5 Å². The van der Waals surface area contributed by atoms with Crippen LogP contribution >= 0.6 is 0 Å². The topological polar surface area (TPSA) is 71.3 Å². The van der Waals surface area contributed by atoms with E-state index in [0.29, 0.717) is 32.6 Å². The average Bonchev–Trinajstić information content (AvgIpc) is 3.35. The van der Waals surface area contributed by atoms with Gasteiger partial charge in [-0.25, -0.2) is 0 Å². The molecule has 0 saturated carbocycles. The highest BCUT2D eigenvalue weighted by atomic mass is 16.2. The smallest absolute Gasteiger partial charge is 0.246 e. The van der Waals surface area contributed by atoms with Crippen LogP contribution in [0.15, 0.2) is 79.9 Å². The molecule has 7 nitrogen and oxygen atoms in total. The van der Waals surface area contributed by atoms with Gasteiger partial charge >= 0.3 is 0 Å². The Morgan fingerprint density at radius 2 is 1.85 bits per heavy atom. The Hall–Kier alpha value is -3.74. The van der Waals surface area contributed by atoms with Crippen LogP contribution < -0.4 is 0 Å². The third kappa shape index (κ3) is 5.19. The molecule has 2 aromatic heterocycles. The van der Waals surface area contributed by atoms with E-state index in [1.54, 1.807) is 39.1 Å². The number of hydrogen-bond acceptors (Lipinski definition) is 4. The first-order chi connectivity index (χ1) is 16.1. The van der Waals surface area contributed by atoms with Crippen LogP contribution in [0.2, 0.25) is 0 Å². The SMILES string of the molecule is C=CCN1CCN(C(=O)[C@H](C)Cn2cccn2)[C@@H](Cc2ccc(-c3ccncc3)cc2)C1=O. The van der Waals surface area contributed by atoms with Crippen LogP contribution in [-0.4, -0.2) is 62.1 Å². The normalized spacial score (nSPS) is 17.1. The number of aromatic nitrogens is 3. The number of hydrogen-bond donors (Lipinski definition) is 0. The summed E-state index contributed by atoms with van der Waals surface area (Å²) in [5.41, 5.74) is 3.20. The van der Waals surface area contributed by atoms with Crippen molar-refractivity contribution in [3.05, 3.63) is 85.5 Å². The highest BCUT2D eigenvalue weighted by molar-refractivity contribution is 5.90. The van der Waals surface area contributed by atoms with Gasteiger partial charge in [-0.1, -0.05) is 37.3 Å². The summed E-state index contributed by atoms with van der Waals surface area (Å²) in [5.74, 6) is -0.324. The van der Waals surface area contributed by atoms with E-state index in [9.17, 15) is 9.59 Å². The molecule has 0 aliphatic carbocycles. The minimum atomic E-state index is -0.530. The molecule has 2 amide bonds. The Bertz CT molecular complexity index is 1080. The first kappa shape index (κ1) is 22.5. The molecule has 33 heavy (non-hydrogen) atoms. The highest BCUT2D eigenvalue weighted by Crippen LogP contribution is 2.23. The van der Waals surface area contributed by atoms with E-state index in [0.717, 1.165) is 16.7 Å². The fourth-order valence-electron chi connectivity index (χ4n) is 4.29. The first-order valence-electron chi connectivity index (χ1n) is 11.2. The molecule has 170 valence electrons. The van der Waals surface area contributed by atoms with Gasteiger partial charge in [0.1, 0.15) is 6.04 Å².